The number of ether oxygens (including phenoxy) is 1. The van der Waals surface area contributed by atoms with Gasteiger partial charge in [0.1, 0.15) is 0 Å². The first-order valence-electron chi connectivity index (χ1n) is 19.3. The highest BCUT2D eigenvalue weighted by atomic mass is 16.5. The Hall–Kier alpha value is -7.15. The highest BCUT2D eigenvalue weighted by Gasteiger charge is 2.26. The van der Waals surface area contributed by atoms with Crippen molar-refractivity contribution >= 4 is 46.2 Å². The summed E-state index contributed by atoms with van der Waals surface area (Å²) in [7, 11) is 0. The molecule has 0 spiro atoms. The van der Waals surface area contributed by atoms with Crippen LogP contribution in [0.25, 0.3) is 33.3 Å². The van der Waals surface area contributed by atoms with Gasteiger partial charge in [-0.2, -0.15) is 10.2 Å². The third kappa shape index (κ3) is 9.27. The minimum Gasteiger partial charge on any atom is -0.424 e. The number of nitrogens with one attached hydrogen (secondary N) is 4. The number of nitrogens with zero attached hydrogens (tertiary/aromatic N) is 4. The Kier molecular flexibility index (Phi) is 10.8. The molecule has 4 N–H and O–H groups in total. The second-order valence-electron chi connectivity index (χ2n) is 14.7. The molecule has 292 valence electrons. The van der Waals surface area contributed by atoms with Crippen LogP contribution in [0.1, 0.15) is 78.7 Å². The average Bonchev–Trinajstić information content (AvgIpc) is 4.13. The Morgan fingerprint density at radius 3 is 1.74 bits per heavy atom. The minimum absolute atomic E-state index is 0.0607. The molecule has 0 atom stereocenters. The van der Waals surface area contributed by atoms with E-state index in [0.29, 0.717) is 46.5 Å². The molecule has 3 aromatic carbocycles. The summed E-state index contributed by atoms with van der Waals surface area (Å²) in [6.45, 7) is 2.78. The molecular weight excluding hydrogens is 733 g/mol. The molecule has 58 heavy (non-hydrogen) atoms. The molecule has 4 heterocycles. The third-order valence-corrected chi connectivity index (χ3v) is 10.1. The van der Waals surface area contributed by atoms with Gasteiger partial charge in [-0.05, 0) is 72.2 Å². The maximum Gasteiger partial charge on any atom is 0.308 e. The van der Waals surface area contributed by atoms with E-state index in [0.717, 1.165) is 44.9 Å². The van der Waals surface area contributed by atoms with E-state index >= 15 is 0 Å². The number of fused-ring (bicyclic) bond motifs is 1. The predicted octanol–water partition coefficient (Wildman–Crippen LogP) is 8.21. The molecule has 2 amide bonds. The topological polar surface area (TPSA) is 177 Å². The number of carbonyl (C=O) groups excluding carboxylic acids is 4. The summed E-state index contributed by atoms with van der Waals surface area (Å²) in [6.07, 6.45) is 8.63. The zero-order valence-corrected chi connectivity index (χ0v) is 32.1. The molecule has 0 bridgehead atoms. The van der Waals surface area contributed by atoms with Gasteiger partial charge in [-0.15, -0.1) is 0 Å². The SMILES string of the molecule is CC(=O)Oc1cn(C(C)=O)c2ccc(-c3ccc(CC(=O)Nc4cc(C5CC5)[nH]n4)cc3)cc12.O=C(Cc1ccc(-c2ccccn2)cc1)Nc1cc(C2CC2)[nH]n1. The second-order valence-corrected chi connectivity index (χ2v) is 14.7. The van der Waals surface area contributed by atoms with Gasteiger partial charge in [-0.1, -0.05) is 60.7 Å². The summed E-state index contributed by atoms with van der Waals surface area (Å²) in [5, 5.41) is 20.7. The number of rotatable bonds is 11. The first-order valence-corrected chi connectivity index (χ1v) is 19.3. The van der Waals surface area contributed by atoms with Crippen LogP contribution in [0.2, 0.25) is 0 Å². The Balaban J connectivity index is 0.000000172. The van der Waals surface area contributed by atoms with Crippen molar-refractivity contribution in [2.24, 2.45) is 0 Å². The average molecular weight is 775 g/mol. The quantitative estimate of drug-likeness (QED) is 0.0951. The fraction of sp³-hybridized carbons (Fsp3) is 0.222. The number of hydrogen-bond acceptors (Lipinski definition) is 8. The van der Waals surface area contributed by atoms with Crippen LogP contribution >= 0.6 is 0 Å². The van der Waals surface area contributed by atoms with Crippen molar-refractivity contribution in [1.82, 2.24) is 29.9 Å². The number of H-pyrrole nitrogens is 2. The van der Waals surface area contributed by atoms with E-state index in [1.54, 1.807) is 6.20 Å². The van der Waals surface area contributed by atoms with Crippen molar-refractivity contribution in [3.63, 3.8) is 0 Å². The van der Waals surface area contributed by atoms with Crippen molar-refractivity contribution in [3.05, 3.63) is 132 Å². The van der Waals surface area contributed by atoms with Gasteiger partial charge >= 0.3 is 5.97 Å². The van der Waals surface area contributed by atoms with Gasteiger partial charge in [0.25, 0.3) is 0 Å². The number of carbonyl (C=O) groups is 4. The summed E-state index contributed by atoms with van der Waals surface area (Å²) in [5.74, 6) is 1.85. The number of esters is 1. The zero-order chi connectivity index (χ0) is 40.2. The van der Waals surface area contributed by atoms with Crippen molar-refractivity contribution in [2.75, 3.05) is 10.6 Å². The summed E-state index contributed by atoms with van der Waals surface area (Å²) in [4.78, 5) is 52.4. The van der Waals surface area contributed by atoms with Crippen LogP contribution in [0.15, 0.2) is 109 Å². The van der Waals surface area contributed by atoms with E-state index in [1.807, 2.05) is 97.1 Å². The molecule has 2 aliphatic carbocycles. The van der Waals surface area contributed by atoms with Gasteiger partial charge in [0.2, 0.25) is 17.7 Å². The largest absolute Gasteiger partial charge is 0.424 e. The van der Waals surface area contributed by atoms with Crippen LogP contribution in [0, 0.1) is 0 Å². The number of amides is 2. The van der Waals surface area contributed by atoms with Crippen LogP contribution in [0.5, 0.6) is 5.75 Å². The molecule has 0 saturated heterocycles. The number of anilines is 2. The Morgan fingerprint density at radius 1 is 0.690 bits per heavy atom. The van der Waals surface area contributed by atoms with E-state index in [-0.39, 0.29) is 24.1 Å². The van der Waals surface area contributed by atoms with Gasteiger partial charge in [0.15, 0.2) is 17.4 Å². The molecule has 0 unspecified atom stereocenters. The first kappa shape index (κ1) is 37.8. The standard InChI is InChI=1S/C26H24N4O4.C19H18N4O/c1-15(31)30-14-24(34-16(2)32)21-12-20(9-10-23(21)30)18-5-3-17(4-6-18)11-26(33)27-25-13-22(28-29-25)19-7-8-19;24-19(21-18-12-17(22-23-18)15-8-9-15)11-13-4-6-14(7-5-13)16-3-1-2-10-20-16/h3-6,9-10,12-14,19H,7-8,11H2,1-2H3,(H2,27,28,29,33);1-7,10,12,15H,8-9,11H2,(H2,21,22,23,24). The Bertz CT molecular complexity index is 2600. The van der Waals surface area contributed by atoms with Gasteiger partial charge in [0.05, 0.1) is 30.2 Å². The molecule has 2 saturated carbocycles. The number of hydrogen-bond donors (Lipinski definition) is 4. The maximum atomic E-state index is 12.4. The summed E-state index contributed by atoms with van der Waals surface area (Å²) >= 11 is 0. The summed E-state index contributed by atoms with van der Waals surface area (Å²) in [6, 6.07) is 30.9. The lowest BCUT2D eigenvalue weighted by Gasteiger charge is -2.07. The number of pyridine rings is 1. The van der Waals surface area contributed by atoms with E-state index < -0.39 is 5.97 Å². The maximum absolute atomic E-state index is 12.4. The number of aromatic nitrogens is 6. The second kappa shape index (κ2) is 16.5. The van der Waals surface area contributed by atoms with Crippen molar-refractivity contribution < 1.29 is 23.9 Å². The van der Waals surface area contributed by atoms with Gasteiger partial charge in [0, 0.05) is 66.4 Å². The fourth-order valence-corrected chi connectivity index (χ4v) is 6.77. The predicted molar refractivity (Wildman–Crippen MR) is 220 cm³/mol. The van der Waals surface area contributed by atoms with E-state index in [1.165, 1.54) is 50.3 Å². The first-order chi connectivity index (χ1) is 28.1. The third-order valence-electron chi connectivity index (χ3n) is 10.1. The monoisotopic (exact) mass is 774 g/mol. The zero-order valence-electron chi connectivity index (χ0n) is 32.1. The van der Waals surface area contributed by atoms with Crippen molar-refractivity contribution in [2.45, 2.75) is 64.2 Å². The van der Waals surface area contributed by atoms with Gasteiger partial charge in [-0.3, -0.25) is 38.9 Å². The molecule has 0 radical (unpaired) electrons. The lowest BCUT2D eigenvalue weighted by molar-refractivity contribution is -0.131. The van der Waals surface area contributed by atoms with Crippen LogP contribution in [0.4, 0.5) is 11.6 Å². The van der Waals surface area contributed by atoms with Gasteiger partial charge in [-0.25, -0.2) is 0 Å². The molecule has 7 aromatic rings. The van der Waals surface area contributed by atoms with E-state index in [2.05, 4.69) is 36.0 Å². The van der Waals surface area contributed by atoms with Crippen molar-refractivity contribution in [3.8, 4) is 28.1 Å². The summed E-state index contributed by atoms with van der Waals surface area (Å²) in [5.41, 5.74) is 8.52. The Labute approximate surface area is 334 Å². The normalized spacial score (nSPS) is 13.3. The van der Waals surface area contributed by atoms with Gasteiger partial charge < -0.3 is 15.4 Å². The molecule has 9 rings (SSSR count). The smallest absolute Gasteiger partial charge is 0.308 e. The molecule has 2 fully saturated rings. The molecule has 13 nitrogen and oxygen atoms in total. The van der Waals surface area contributed by atoms with E-state index in [9.17, 15) is 19.2 Å². The molecule has 0 aliphatic heterocycles. The van der Waals surface area contributed by atoms with Crippen LogP contribution in [-0.2, 0) is 27.2 Å². The molecule has 2 aliphatic rings. The number of aromatic amines is 2. The van der Waals surface area contributed by atoms with E-state index in [4.69, 9.17) is 4.74 Å². The Morgan fingerprint density at radius 2 is 1.24 bits per heavy atom. The lowest BCUT2D eigenvalue weighted by atomic mass is 10.0. The minimum atomic E-state index is -0.450. The number of benzene rings is 3. The van der Waals surface area contributed by atoms with Crippen LogP contribution in [-0.4, -0.2) is 53.6 Å². The highest BCUT2D eigenvalue weighted by molar-refractivity contribution is 5.98. The molecule has 13 heteroatoms. The summed E-state index contributed by atoms with van der Waals surface area (Å²) < 4.78 is 6.78. The molecule has 4 aromatic heterocycles. The fourth-order valence-electron chi connectivity index (χ4n) is 6.77. The van der Waals surface area contributed by atoms with Crippen molar-refractivity contribution in [1.29, 1.82) is 0 Å². The lowest BCUT2D eigenvalue weighted by Crippen LogP contribution is -2.14. The van der Waals surface area contributed by atoms with Crippen LogP contribution < -0.4 is 15.4 Å². The van der Waals surface area contributed by atoms with Crippen LogP contribution in [0.3, 0.4) is 0 Å². The molecular formula is C45H42N8O5. The highest BCUT2D eigenvalue weighted by Crippen LogP contribution is 2.40.